The molecule has 1 nitrogen and oxygen atoms in total. The zero-order chi connectivity index (χ0) is 14.0. The average Bonchev–Trinajstić information content (AvgIpc) is 2.60. The van der Waals surface area contributed by atoms with Gasteiger partial charge in [0.05, 0.1) is 4.34 Å². The van der Waals surface area contributed by atoms with Gasteiger partial charge in [-0.2, -0.15) is 0 Å². The number of halogens is 1. The molecule has 0 saturated heterocycles. The van der Waals surface area contributed by atoms with Gasteiger partial charge in [0.15, 0.2) is 0 Å². The Morgan fingerprint density at radius 3 is 2.22 bits per heavy atom. The molecule has 0 aromatic carbocycles. The summed E-state index contributed by atoms with van der Waals surface area (Å²) in [6, 6.07) is 4.16. The van der Waals surface area contributed by atoms with E-state index in [-0.39, 0.29) is 11.0 Å². The van der Waals surface area contributed by atoms with Gasteiger partial charge in [0.2, 0.25) is 0 Å². The molecule has 0 spiro atoms. The Morgan fingerprint density at radius 2 is 1.83 bits per heavy atom. The van der Waals surface area contributed by atoms with Crippen LogP contribution in [0.3, 0.4) is 0 Å². The quantitative estimate of drug-likeness (QED) is 0.804. The normalized spacial score (nSPS) is 16.0. The van der Waals surface area contributed by atoms with Gasteiger partial charge in [-0.25, -0.2) is 0 Å². The molecule has 1 aromatic heterocycles. The lowest BCUT2D eigenvalue weighted by Gasteiger charge is -2.37. The molecule has 0 radical (unpaired) electrons. The van der Waals surface area contributed by atoms with E-state index in [4.69, 9.17) is 11.6 Å². The number of rotatable bonds is 5. The van der Waals surface area contributed by atoms with Crippen LogP contribution in [0.4, 0.5) is 0 Å². The molecule has 0 amide bonds. The summed E-state index contributed by atoms with van der Waals surface area (Å²) in [5.41, 5.74) is 0.435. The van der Waals surface area contributed by atoms with E-state index >= 15 is 0 Å². The Hall–Kier alpha value is -0.0500. The Morgan fingerprint density at radius 1 is 1.22 bits per heavy atom. The van der Waals surface area contributed by atoms with E-state index in [1.54, 1.807) is 11.3 Å². The molecule has 0 aliphatic rings. The van der Waals surface area contributed by atoms with E-state index in [1.165, 1.54) is 4.88 Å². The smallest absolute Gasteiger partial charge is 0.0931 e. The molecule has 0 aliphatic heterocycles. The first-order valence-corrected chi connectivity index (χ1v) is 7.81. The molecule has 1 unspecified atom stereocenters. The maximum Gasteiger partial charge on any atom is 0.0931 e. The molecule has 0 bridgehead atoms. The summed E-state index contributed by atoms with van der Waals surface area (Å²) in [5.74, 6) is 0.633. The van der Waals surface area contributed by atoms with Gasteiger partial charge in [0.1, 0.15) is 0 Å². The fraction of sp³-hybridized carbons (Fsp3) is 0.733. The average molecular weight is 288 g/mol. The van der Waals surface area contributed by atoms with E-state index in [1.807, 2.05) is 6.07 Å². The van der Waals surface area contributed by atoms with Crippen molar-refractivity contribution < 1.29 is 0 Å². The lowest BCUT2D eigenvalue weighted by atomic mass is 9.75. The van der Waals surface area contributed by atoms with Gasteiger partial charge in [-0.15, -0.1) is 11.3 Å². The first-order valence-electron chi connectivity index (χ1n) is 6.62. The van der Waals surface area contributed by atoms with Crippen LogP contribution in [0.15, 0.2) is 12.1 Å². The SMILES string of the molecule is CC(C)C(C)(CNC(C)(C)C)Cc1ccc(Cl)s1. The molecule has 1 N–H and O–H groups in total. The number of nitrogens with one attached hydrogen (secondary N) is 1. The number of hydrogen-bond donors (Lipinski definition) is 1. The highest BCUT2D eigenvalue weighted by atomic mass is 35.5. The fourth-order valence-corrected chi connectivity index (χ4v) is 3.07. The van der Waals surface area contributed by atoms with Crippen molar-refractivity contribution in [2.45, 2.75) is 53.5 Å². The minimum Gasteiger partial charge on any atom is -0.312 e. The summed E-state index contributed by atoms with van der Waals surface area (Å²) in [4.78, 5) is 1.38. The maximum absolute atomic E-state index is 6.02. The molecule has 0 fully saturated rings. The van der Waals surface area contributed by atoms with Crippen LogP contribution < -0.4 is 5.32 Å². The largest absolute Gasteiger partial charge is 0.312 e. The molecular weight excluding hydrogens is 262 g/mol. The molecule has 0 aliphatic carbocycles. The zero-order valence-electron chi connectivity index (χ0n) is 12.4. The molecule has 18 heavy (non-hydrogen) atoms. The van der Waals surface area contributed by atoms with Gasteiger partial charge in [-0.3, -0.25) is 0 Å². The van der Waals surface area contributed by atoms with Gasteiger partial charge < -0.3 is 5.32 Å². The van der Waals surface area contributed by atoms with Crippen molar-refractivity contribution in [2.75, 3.05) is 6.54 Å². The lowest BCUT2D eigenvalue weighted by molar-refractivity contribution is 0.189. The third-order valence-corrected chi connectivity index (χ3v) is 4.85. The highest BCUT2D eigenvalue weighted by molar-refractivity contribution is 7.16. The van der Waals surface area contributed by atoms with E-state index in [9.17, 15) is 0 Å². The molecule has 104 valence electrons. The fourth-order valence-electron chi connectivity index (χ4n) is 1.78. The van der Waals surface area contributed by atoms with Crippen LogP contribution in [0.25, 0.3) is 0 Å². The van der Waals surface area contributed by atoms with E-state index in [2.05, 4.69) is 52.9 Å². The summed E-state index contributed by atoms with van der Waals surface area (Å²) >= 11 is 7.72. The van der Waals surface area contributed by atoms with Crippen LogP contribution in [0.2, 0.25) is 4.34 Å². The topological polar surface area (TPSA) is 12.0 Å². The van der Waals surface area contributed by atoms with Crippen molar-refractivity contribution in [3.8, 4) is 0 Å². The van der Waals surface area contributed by atoms with Gasteiger partial charge >= 0.3 is 0 Å². The molecule has 3 heteroatoms. The van der Waals surface area contributed by atoms with Crippen LogP contribution in [0.1, 0.15) is 46.4 Å². The second-order valence-electron chi connectivity index (χ2n) is 6.79. The van der Waals surface area contributed by atoms with Gasteiger partial charge in [-0.1, -0.05) is 32.4 Å². The third-order valence-electron chi connectivity index (χ3n) is 3.62. The lowest BCUT2D eigenvalue weighted by Crippen LogP contribution is -2.45. The summed E-state index contributed by atoms with van der Waals surface area (Å²) in [6.45, 7) is 14.7. The van der Waals surface area contributed by atoms with Crippen LogP contribution in [-0.4, -0.2) is 12.1 Å². The molecule has 1 atom stereocenters. The Labute approximate surface area is 121 Å². The summed E-state index contributed by atoms with van der Waals surface area (Å²) in [6.07, 6.45) is 1.09. The Kier molecular flexibility index (Phi) is 5.28. The van der Waals surface area contributed by atoms with E-state index < -0.39 is 0 Å². The van der Waals surface area contributed by atoms with Crippen LogP contribution in [0.5, 0.6) is 0 Å². The predicted molar refractivity (Wildman–Crippen MR) is 83.7 cm³/mol. The Balaban J connectivity index is 2.74. The van der Waals surface area contributed by atoms with Crippen molar-refractivity contribution >= 4 is 22.9 Å². The van der Waals surface area contributed by atoms with Gasteiger partial charge in [0, 0.05) is 17.0 Å². The summed E-state index contributed by atoms with van der Waals surface area (Å²) in [7, 11) is 0. The first kappa shape index (κ1) is 16.0. The van der Waals surface area contributed by atoms with Gasteiger partial charge in [-0.05, 0) is 50.7 Å². The van der Waals surface area contributed by atoms with E-state index in [0.717, 1.165) is 17.3 Å². The summed E-state index contributed by atoms with van der Waals surface area (Å²) in [5, 5.41) is 3.64. The van der Waals surface area contributed by atoms with Crippen LogP contribution >= 0.6 is 22.9 Å². The standard InChI is InChI=1S/C15H26ClNS/c1-11(2)15(6,10-17-14(3,4)5)9-12-7-8-13(16)18-12/h7-8,11,17H,9-10H2,1-6H3. The van der Waals surface area contributed by atoms with Crippen molar-refractivity contribution in [3.05, 3.63) is 21.3 Å². The third kappa shape index (κ3) is 4.91. The highest BCUT2D eigenvalue weighted by Crippen LogP contribution is 2.34. The van der Waals surface area contributed by atoms with Crippen molar-refractivity contribution in [1.29, 1.82) is 0 Å². The molecule has 1 heterocycles. The monoisotopic (exact) mass is 287 g/mol. The second kappa shape index (κ2) is 5.94. The van der Waals surface area contributed by atoms with E-state index in [0.29, 0.717) is 5.92 Å². The molecule has 1 aromatic rings. The number of thiophene rings is 1. The summed E-state index contributed by atoms with van der Waals surface area (Å²) < 4.78 is 0.889. The van der Waals surface area contributed by atoms with Crippen LogP contribution in [-0.2, 0) is 6.42 Å². The zero-order valence-corrected chi connectivity index (χ0v) is 14.0. The minimum atomic E-state index is 0.170. The highest BCUT2D eigenvalue weighted by Gasteiger charge is 2.30. The van der Waals surface area contributed by atoms with Crippen LogP contribution in [0, 0.1) is 11.3 Å². The second-order valence-corrected chi connectivity index (χ2v) is 8.59. The van der Waals surface area contributed by atoms with Gasteiger partial charge in [0.25, 0.3) is 0 Å². The predicted octanol–water partition coefficient (Wildman–Crippen LogP) is 4.99. The van der Waals surface area contributed by atoms with Crippen molar-refractivity contribution in [2.24, 2.45) is 11.3 Å². The van der Waals surface area contributed by atoms with Crippen molar-refractivity contribution in [3.63, 3.8) is 0 Å². The molecule has 1 rings (SSSR count). The number of hydrogen-bond acceptors (Lipinski definition) is 2. The maximum atomic E-state index is 6.02. The Bertz CT molecular complexity index is 378. The molecular formula is C15H26ClNS. The van der Waals surface area contributed by atoms with Crippen molar-refractivity contribution in [1.82, 2.24) is 5.32 Å². The molecule has 0 saturated carbocycles. The first-order chi connectivity index (χ1) is 8.12. The minimum absolute atomic E-state index is 0.170.